The number of hydrogen-bond donors (Lipinski definition) is 1. The molecule has 2 heterocycles. The number of hydrogen-bond acceptors (Lipinski definition) is 6. The van der Waals surface area contributed by atoms with Crippen molar-refractivity contribution in [1.29, 1.82) is 5.26 Å². The third kappa shape index (κ3) is 2.46. The third-order valence-corrected chi connectivity index (χ3v) is 5.18. The Morgan fingerprint density at radius 2 is 2.32 bits per heavy atom. The van der Waals surface area contributed by atoms with Gasteiger partial charge >= 0.3 is 0 Å². The Bertz CT molecular complexity index is 792. The summed E-state index contributed by atoms with van der Waals surface area (Å²) in [6, 6.07) is 0.153. The van der Waals surface area contributed by atoms with Crippen molar-refractivity contribution in [2.24, 2.45) is 10.9 Å². The standard InChI is InChI=1S/C13H15IN6O2/c1-22-20-7-18-12-11(13(20)16-5-15)17-6-19(12)9-2-8(4-14)10(21)3-9/h6-10,21H,2-4H2,1H3/b16-13+/t8-,9-,10+/m1/s1. The molecule has 3 atom stereocenters. The zero-order valence-corrected chi connectivity index (χ0v) is 14.1. The fourth-order valence-corrected chi connectivity index (χ4v) is 3.87. The summed E-state index contributed by atoms with van der Waals surface area (Å²) in [5.41, 5.74) is 1.48. The lowest BCUT2D eigenvalue weighted by Crippen LogP contribution is -2.26. The molecular weight excluding hydrogens is 399 g/mol. The number of aliphatic hydroxyl groups is 1. The molecule has 1 aliphatic carbocycles. The summed E-state index contributed by atoms with van der Waals surface area (Å²) >= 11 is 2.30. The van der Waals surface area contributed by atoms with Gasteiger partial charge in [0.05, 0.1) is 12.4 Å². The quantitative estimate of drug-likeness (QED) is 0.446. The van der Waals surface area contributed by atoms with Gasteiger partial charge in [0.1, 0.15) is 13.4 Å². The fraction of sp³-hybridized carbons (Fsp3) is 0.538. The first-order valence-electron chi connectivity index (χ1n) is 6.85. The van der Waals surface area contributed by atoms with Crippen LogP contribution in [-0.2, 0) is 0 Å². The van der Waals surface area contributed by atoms with Gasteiger partial charge in [0, 0.05) is 10.5 Å². The van der Waals surface area contributed by atoms with Crippen molar-refractivity contribution < 1.29 is 9.94 Å². The van der Waals surface area contributed by atoms with Gasteiger partial charge in [-0.05, 0) is 18.8 Å². The SMILES string of the molecule is COn1cnc2c(ncn2[C@@H]2C[C@H](CI)[C@@H](O)C2)/c1=N\C#N. The van der Waals surface area contributed by atoms with E-state index in [1.807, 2.05) is 4.57 Å². The van der Waals surface area contributed by atoms with E-state index in [1.165, 1.54) is 18.2 Å². The summed E-state index contributed by atoms with van der Waals surface area (Å²) in [7, 11) is 1.47. The van der Waals surface area contributed by atoms with E-state index in [0.717, 1.165) is 10.8 Å². The Morgan fingerprint density at radius 1 is 1.50 bits per heavy atom. The molecule has 0 radical (unpaired) electrons. The molecule has 2 aromatic rings. The maximum absolute atomic E-state index is 10.1. The molecule has 0 spiro atoms. The largest absolute Gasteiger partial charge is 0.414 e. The summed E-state index contributed by atoms with van der Waals surface area (Å²) in [6.07, 6.45) is 6.20. The highest BCUT2D eigenvalue weighted by Gasteiger charge is 2.34. The van der Waals surface area contributed by atoms with Gasteiger partial charge < -0.3 is 14.5 Å². The van der Waals surface area contributed by atoms with Crippen LogP contribution in [0.2, 0.25) is 0 Å². The highest BCUT2D eigenvalue weighted by atomic mass is 127. The molecule has 0 unspecified atom stereocenters. The molecule has 1 fully saturated rings. The Kier molecular flexibility index (Phi) is 4.30. The van der Waals surface area contributed by atoms with Crippen molar-refractivity contribution in [1.82, 2.24) is 19.3 Å². The van der Waals surface area contributed by atoms with Crippen LogP contribution in [0.15, 0.2) is 17.6 Å². The van der Waals surface area contributed by atoms with Gasteiger partial charge in [-0.3, -0.25) is 0 Å². The lowest BCUT2D eigenvalue weighted by atomic mass is 10.1. The van der Waals surface area contributed by atoms with Gasteiger partial charge in [0.2, 0.25) is 11.7 Å². The molecule has 2 aromatic heterocycles. The number of imidazole rings is 1. The topological polar surface area (TPSA) is 101 Å². The molecule has 0 aliphatic heterocycles. The number of halogens is 1. The maximum Gasteiger partial charge on any atom is 0.211 e. The van der Waals surface area contributed by atoms with E-state index >= 15 is 0 Å². The first-order chi connectivity index (χ1) is 10.7. The van der Waals surface area contributed by atoms with E-state index in [1.54, 1.807) is 12.5 Å². The molecule has 0 saturated heterocycles. The summed E-state index contributed by atoms with van der Waals surface area (Å²) in [4.78, 5) is 17.6. The second-order valence-electron chi connectivity index (χ2n) is 5.22. The highest BCUT2D eigenvalue weighted by Crippen LogP contribution is 2.36. The molecule has 9 heteroatoms. The monoisotopic (exact) mass is 414 g/mol. The van der Waals surface area contributed by atoms with Gasteiger partial charge in [-0.15, -0.1) is 4.99 Å². The first kappa shape index (κ1) is 15.2. The van der Waals surface area contributed by atoms with Gasteiger partial charge in [-0.1, -0.05) is 22.6 Å². The van der Waals surface area contributed by atoms with Crippen LogP contribution in [0.1, 0.15) is 18.9 Å². The van der Waals surface area contributed by atoms with E-state index < -0.39 is 0 Å². The normalized spacial score (nSPS) is 25.5. The minimum absolute atomic E-state index is 0.153. The molecule has 1 N–H and O–H groups in total. The minimum Gasteiger partial charge on any atom is -0.414 e. The van der Waals surface area contributed by atoms with E-state index in [4.69, 9.17) is 10.1 Å². The molecule has 8 nitrogen and oxygen atoms in total. The Labute approximate surface area is 140 Å². The van der Waals surface area contributed by atoms with Gasteiger partial charge in [0.15, 0.2) is 11.2 Å². The highest BCUT2D eigenvalue weighted by molar-refractivity contribution is 14.1. The van der Waals surface area contributed by atoms with Crippen molar-refractivity contribution in [3.05, 3.63) is 18.1 Å². The summed E-state index contributed by atoms with van der Waals surface area (Å²) < 4.78 is 4.19. The molecule has 0 amide bonds. The number of nitrogens with zero attached hydrogens (tertiary/aromatic N) is 6. The molecule has 1 aliphatic rings. The summed E-state index contributed by atoms with van der Waals surface area (Å²) in [5.74, 6) is 0.291. The molecule has 3 rings (SSSR count). The van der Waals surface area contributed by atoms with Gasteiger partial charge in [-0.2, -0.15) is 9.99 Å². The summed E-state index contributed by atoms with van der Waals surface area (Å²) in [6.45, 7) is 0. The predicted molar refractivity (Wildman–Crippen MR) is 85.9 cm³/mol. The van der Waals surface area contributed by atoms with E-state index in [2.05, 4.69) is 37.6 Å². The zero-order chi connectivity index (χ0) is 15.7. The van der Waals surface area contributed by atoms with E-state index in [0.29, 0.717) is 29.0 Å². The fourth-order valence-electron chi connectivity index (χ4n) is 2.92. The Morgan fingerprint density at radius 3 is 2.95 bits per heavy atom. The smallest absolute Gasteiger partial charge is 0.211 e. The van der Waals surface area contributed by atoms with Crippen molar-refractivity contribution in [2.75, 3.05) is 11.5 Å². The number of aromatic nitrogens is 4. The molecular formula is C13H15IN6O2. The number of nitriles is 1. The van der Waals surface area contributed by atoms with Crippen LogP contribution in [-0.4, -0.2) is 42.0 Å². The molecule has 0 aromatic carbocycles. The first-order valence-corrected chi connectivity index (χ1v) is 8.37. The van der Waals surface area contributed by atoms with Crippen molar-refractivity contribution in [3.8, 4) is 6.19 Å². The lowest BCUT2D eigenvalue weighted by molar-refractivity contribution is 0.142. The van der Waals surface area contributed by atoms with Crippen LogP contribution in [0.5, 0.6) is 0 Å². The predicted octanol–water partition coefficient (Wildman–Crippen LogP) is 0.420. The third-order valence-electron chi connectivity index (χ3n) is 4.05. The van der Waals surface area contributed by atoms with Crippen LogP contribution >= 0.6 is 22.6 Å². The molecule has 1 saturated carbocycles. The van der Waals surface area contributed by atoms with Gasteiger partial charge in [0.25, 0.3) is 0 Å². The van der Waals surface area contributed by atoms with Crippen molar-refractivity contribution in [2.45, 2.75) is 25.0 Å². The Balaban J connectivity index is 2.09. The van der Waals surface area contributed by atoms with Crippen LogP contribution < -0.4 is 10.3 Å². The molecule has 116 valence electrons. The van der Waals surface area contributed by atoms with Crippen LogP contribution in [0.3, 0.4) is 0 Å². The second kappa shape index (κ2) is 6.21. The van der Waals surface area contributed by atoms with Crippen molar-refractivity contribution >= 4 is 33.8 Å². The van der Waals surface area contributed by atoms with Crippen LogP contribution in [0.25, 0.3) is 11.2 Å². The second-order valence-corrected chi connectivity index (χ2v) is 6.10. The minimum atomic E-state index is -0.296. The molecule has 22 heavy (non-hydrogen) atoms. The van der Waals surface area contributed by atoms with Crippen molar-refractivity contribution in [3.63, 3.8) is 0 Å². The summed E-state index contributed by atoms with van der Waals surface area (Å²) in [5, 5.41) is 19.0. The average molecular weight is 414 g/mol. The number of aliphatic hydroxyl groups excluding tert-OH is 1. The van der Waals surface area contributed by atoms with Gasteiger partial charge in [-0.25, -0.2) is 9.97 Å². The number of fused-ring (bicyclic) bond motifs is 1. The van der Waals surface area contributed by atoms with E-state index in [9.17, 15) is 5.11 Å². The molecule has 0 bridgehead atoms. The number of alkyl halides is 1. The Hall–Kier alpha value is -1.67. The number of rotatable bonds is 3. The maximum atomic E-state index is 10.1. The van der Waals surface area contributed by atoms with Crippen LogP contribution in [0.4, 0.5) is 0 Å². The zero-order valence-electron chi connectivity index (χ0n) is 11.9. The van der Waals surface area contributed by atoms with E-state index in [-0.39, 0.29) is 12.1 Å². The van der Waals surface area contributed by atoms with Crippen LogP contribution in [0, 0.1) is 17.4 Å². The lowest BCUT2D eigenvalue weighted by Gasteiger charge is -2.12. The average Bonchev–Trinajstić information content (AvgIpc) is 3.11.